The van der Waals surface area contributed by atoms with Crippen molar-refractivity contribution in [1.29, 1.82) is 0 Å². The first kappa shape index (κ1) is 18.1. The molecular formula is C18H21ClN2O3. The summed E-state index contributed by atoms with van der Waals surface area (Å²) in [6.07, 6.45) is 2.39. The second-order valence-electron chi connectivity index (χ2n) is 5.57. The number of amides is 2. The molecule has 0 spiro atoms. The van der Waals surface area contributed by atoms with Gasteiger partial charge in [-0.15, -0.1) is 0 Å². The van der Waals surface area contributed by atoms with Crippen LogP contribution in [0, 0.1) is 0 Å². The van der Waals surface area contributed by atoms with Gasteiger partial charge in [0, 0.05) is 25.0 Å². The number of furan rings is 1. The van der Waals surface area contributed by atoms with E-state index in [1.165, 1.54) is 6.26 Å². The molecule has 24 heavy (non-hydrogen) atoms. The lowest BCUT2D eigenvalue weighted by Gasteiger charge is -2.25. The van der Waals surface area contributed by atoms with Crippen molar-refractivity contribution in [3.05, 3.63) is 59.0 Å². The van der Waals surface area contributed by atoms with Gasteiger partial charge < -0.3 is 14.6 Å². The molecule has 1 heterocycles. The number of nitrogens with one attached hydrogen (secondary N) is 1. The van der Waals surface area contributed by atoms with Crippen molar-refractivity contribution in [3.8, 4) is 0 Å². The highest BCUT2D eigenvalue weighted by molar-refractivity contribution is 6.30. The fourth-order valence-electron chi connectivity index (χ4n) is 2.29. The van der Waals surface area contributed by atoms with Gasteiger partial charge in [0.15, 0.2) is 5.76 Å². The molecule has 0 aliphatic rings. The topological polar surface area (TPSA) is 62.6 Å². The van der Waals surface area contributed by atoms with Gasteiger partial charge in [0.2, 0.25) is 5.91 Å². The predicted molar refractivity (Wildman–Crippen MR) is 92.9 cm³/mol. The standard InChI is InChI=1S/C18H21ClN2O3/c1-13(14-7-9-15(19)10-8-14)21(2)17(22)6-3-11-20-18(23)16-5-4-12-24-16/h4-5,7-10,12-13H,3,6,11H2,1-2H3,(H,20,23). The van der Waals surface area contributed by atoms with Crippen LogP contribution in [0.15, 0.2) is 47.1 Å². The maximum Gasteiger partial charge on any atom is 0.286 e. The number of carbonyl (C=O) groups excluding carboxylic acids is 2. The summed E-state index contributed by atoms with van der Waals surface area (Å²) < 4.78 is 5.00. The molecule has 1 aromatic carbocycles. The number of carbonyl (C=O) groups is 2. The average molecular weight is 349 g/mol. The molecule has 1 unspecified atom stereocenters. The van der Waals surface area contributed by atoms with E-state index < -0.39 is 0 Å². The first-order chi connectivity index (χ1) is 11.5. The Morgan fingerprint density at radius 1 is 1.25 bits per heavy atom. The molecule has 1 atom stereocenters. The Morgan fingerprint density at radius 2 is 1.96 bits per heavy atom. The van der Waals surface area contributed by atoms with Crippen molar-refractivity contribution in [2.75, 3.05) is 13.6 Å². The van der Waals surface area contributed by atoms with Crippen LogP contribution in [0.1, 0.15) is 41.9 Å². The van der Waals surface area contributed by atoms with Crippen LogP contribution < -0.4 is 5.32 Å². The molecule has 0 aliphatic carbocycles. The second kappa shape index (κ2) is 8.55. The van der Waals surface area contributed by atoms with Crippen LogP contribution >= 0.6 is 11.6 Å². The Bertz CT molecular complexity index is 668. The van der Waals surface area contributed by atoms with Crippen molar-refractivity contribution in [2.45, 2.75) is 25.8 Å². The van der Waals surface area contributed by atoms with Crippen LogP contribution in [-0.4, -0.2) is 30.3 Å². The van der Waals surface area contributed by atoms with Gasteiger partial charge in [0.1, 0.15) is 0 Å². The Balaban J connectivity index is 1.75. The first-order valence-corrected chi connectivity index (χ1v) is 8.19. The van der Waals surface area contributed by atoms with E-state index in [1.54, 1.807) is 24.1 Å². The third kappa shape index (κ3) is 4.86. The molecule has 1 N–H and O–H groups in total. The zero-order valence-corrected chi connectivity index (χ0v) is 14.5. The summed E-state index contributed by atoms with van der Waals surface area (Å²) in [5.74, 6) is 0.0369. The minimum absolute atomic E-state index is 0.0321. The van der Waals surface area contributed by atoms with Gasteiger partial charge in [-0.25, -0.2) is 0 Å². The monoisotopic (exact) mass is 348 g/mol. The van der Waals surface area contributed by atoms with Crippen LogP contribution in [0.2, 0.25) is 5.02 Å². The van der Waals surface area contributed by atoms with Gasteiger partial charge in [0.25, 0.3) is 5.91 Å². The van der Waals surface area contributed by atoms with E-state index in [2.05, 4.69) is 5.32 Å². The summed E-state index contributed by atoms with van der Waals surface area (Å²) in [6, 6.07) is 10.7. The van der Waals surface area contributed by atoms with E-state index in [9.17, 15) is 9.59 Å². The highest BCUT2D eigenvalue weighted by atomic mass is 35.5. The summed E-state index contributed by atoms with van der Waals surface area (Å²) >= 11 is 5.88. The second-order valence-corrected chi connectivity index (χ2v) is 6.01. The molecule has 1 aromatic heterocycles. The number of hydrogen-bond donors (Lipinski definition) is 1. The van der Waals surface area contributed by atoms with Crippen molar-refractivity contribution in [3.63, 3.8) is 0 Å². The van der Waals surface area contributed by atoms with Crippen LogP contribution in [0.25, 0.3) is 0 Å². The van der Waals surface area contributed by atoms with Crippen molar-refractivity contribution in [2.24, 2.45) is 0 Å². The third-order valence-corrected chi connectivity index (χ3v) is 4.18. The zero-order valence-electron chi connectivity index (χ0n) is 13.8. The first-order valence-electron chi connectivity index (χ1n) is 7.82. The lowest BCUT2D eigenvalue weighted by atomic mass is 10.1. The number of nitrogens with zero attached hydrogens (tertiary/aromatic N) is 1. The van der Waals surface area contributed by atoms with Gasteiger partial charge in [0.05, 0.1) is 12.3 Å². The number of hydrogen-bond acceptors (Lipinski definition) is 3. The SMILES string of the molecule is CC(c1ccc(Cl)cc1)N(C)C(=O)CCCNC(=O)c1ccco1. The largest absolute Gasteiger partial charge is 0.459 e. The Labute approximate surface area is 146 Å². The fraction of sp³-hybridized carbons (Fsp3) is 0.333. The van der Waals surface area contributed by atoms with Crippen LogP contribution in [-0.2, 0) is 4.79 Å². The highest BCUT2D eigenvalue weighted by Crippen LogP contribution is 2.21. The fourth-order valence-corrected chi connectivity index (χ4v) is 2.42. The quantitative estimate of drug-likeness (QED) is 0.777. The molecule has 2 rings (SSSR count). The van der Waals surface area contributed by atoms with E-state index in [0.29, 0.717) is 24.4 Å². The molecule has 0 radical (unpaired) electrons. The average Bonchev–Trinajstić information content (AvgIpc) is 3.12. The Kier molecular flexibility index (Phi) is 6.44. The van der Waals surface area contributed by atoms with Gasteiger partial charge in [-0.1, -0.05) is 23.7 Å². The molecule has 2 aromatic rings. The minimum atomic E-state index is -0.268. The third-order valence-electron chi connectivity index (χ3n) is 3.92. The highest BCUT2D eigenvalue weighted by Gasteiger charge is 2.17. The Morgan fingerprint density at radius 3 is 2.58 bits per heavy atom. The zero-order chi connectivity index (χ0) is 17.5. The summed E-state index contributed by atoms with van der Waals surface area (Å²) in [6.45, 7) is 2.40. The molecule has 0 aliphatic heterocycles. The molecule has 0 bridgehead atoms. The molecular weight excluding hydrogens is 328 g/mol. The van der Waals surface area contributed by atoms with Gasteiger partial charge in [-0.05, 0) is 43.2 Å². The van der Waals surface area contributed by atoms with Crippen molar-refractivity contribution in [1.82, 2.24) is 10.2 Å². The lowest BCUT2D eigenvalue weighted by Crippen LogP contribution is -2.31. The maximum atomic E-state index is 12.3. The minimum Gasteiger partial charge on any atom is -0.459 e. The van der Waals surface area contributed by atoms with E-state index in [-0.39, 0.29) is 23.6 Å². The number of halogens is 1. The van der Waals surface area contributed by atoms with Gasteiger partial charge in [-0.3, -0.25) is 9.59 Å². The van der Waals surface area contributed by atoms with E-state index in [1.807, 2.05) is 31.2 Å². The summed E-state index contributed by atoms with van der Waals surface area (Å²) in [5, 5.41) is 3.40. The molecule has 5 nitrogen and oxygen atoms in total. The van der Waals surface area contributed by atoms with Crippen LogP contribution in [0.5, 0.6) is 0 Å². The normalized spacial score (nSPS) is 11.8. The molecule has 2 amide bonds. The van der Waals surface area contributed by atoms with E-state index in [0.717, 1.165) is 5.56 Å². The smallest absolute Gasteiger partial charge is 0.286 e. The van der Waals surface area contributed by atoms with Crippen molar-refractivity contribution >= 4 is 23.4 Å². The summed E-state index contributed by atoms with van der Waals surface area (Å²) in [5.41, 5.74) is 1.03. The van der Waals surface area contributed by atoms with E-state index in [4.69, 9.17) is 16.0 Å². The maximum absolute atomic E-state index is 12.3. The van der Waals surface area contributed by atoms with Crippen molar-refractivity contribution < 1.29 is 14.0 Å². The van der Waals surface area contributed by atoms with Gasteiger partial charge >= 0.3 is 0 Å². The molecule has 128 valence electrons. The Hall–Kier alpha value is -2.27. The van der Waals surface area contributed by atoms with Crippen LogP contribution in [0.3, 0.4) is 0 Å². The van der Waals surface area contributed by atoms with E-state index >= 15 is 0 Å². The molecule has 0 fully saturated rings. The predicted octanol–water partition coefficient (Wildman–Crippen LogP) is 3.66. The molecule has 0 saturated heterocycles. The summed E-state index contributed by atoms with van der Waals surface area (Å²) in [7, 11) is 1.78. The number of rotatable bonds is 7. The summed E-state index contributed by atoms with van der Waals surface area (Å²) in [4.78, 5) is 25.7. The van der Waals surface area contributed by atoms with Gasteiger partial charge in [-0.2, -0.15) is 0 Å². The number of benzene rings is 1. The lowest BCUT2D eigenvalue weighted by molar-refractivity contribution is -0.131. The molecule has 6 heteroatoms. The molecule has 0 saturated carbocycles. The van der Waals surface area contributed by atoms with Crippen LogP contribution in [0.4, 0.5) is 0 Å².